The fourth-order valence-corrected chi connectivity index (χ4v) is 3.28. The normalized spacial score (nSPS) is 15.2. The molecule has 0 aliphatic heterocycles. The number of likely N-dealkylation sites (N-methyl/N-ethyl adjacent to an activating group) is 1. The first-order valence-corrected chi connectivity index (χ1v) is 9.12. The van der Waals surface area contributed by atoms with Gasteiger partial charge < -0.3 is 19.5 Å². The molecule has 1 saturated carbocycles. The molecule has 1 heterocycles. The van der Waals surface area contributed by atoms with Crippen molar-refractivity contribution in [3.8, 4) is 11.5 Å². The minimum absolute atomic E-state index is 0.00180. The van der Waals surface area contributed by atoms with Gasteiger partial charge in [0.05, 0.1) is 26.0 Å². The number of hydrogen-bond acceptors (Lipinski definition) is 6. The number of halogens is 1. The largest absolute Gasteiger partial charge is 0.497 e. The number of rotatable bonds is 8. The van der Waals surface area contributed by atoms with Gasteiger partial charge in [0.25, 0.3) is 0 Å². The highest BCUT2D eigenvalue weighted by molar-refractivity contribution is 6.28. The molecule has 0 unspecified atom stereocenters. The Balaban J connectivity index is 1.76. The number of methoxy groups -OCH3 is 1. The second kappa shape index (κ2) is 8.56. The number of aliphatic hydroxyl groups excluding tert-OH is 1. The molecule has 0 spiro atoms. The topological polar surface area (TPSA) is 67.7 Å². The summed E-state index contributed by atoms with van der Waals surface area (Å²) in [6.45, 7) is 0.448. The van der Waals surface area contributed by atoms with E-state index in [9.17, 15) is 5.11 Å². The lowest BCUT2D eigenvalue weighted by Crippen LogP contribution is -2.44. The van der Waals surface area contributed by atoms with Gasteiger partial charge in [-0.2, -0.15) is 4.98 Å². The van der Waals surface area contributed by atoms with Gasteiger partial charge in [0, 0.05) is 7.05 Å². The third-order valence-corrected chi connectivity index (χ3v) is 5.15. The molecule has 140 valence electrons. The second-order valence-corrected chi connectivity index (χ2v) is 6.85. The first-order valence-electron chi connectivity index (χ1n) is 8.74. The van der Waals surface area contributed by atoms with Crippen LogP contribution in [0.2, 0.25) is 5.28 Å². The first-order chi connectivity index (χ1) is 12.6. The van der Waals surface area contributed by atoms with E-state index in [2.05, 4.69) is 9.97 Å². The Hall–Kier alpha value is -2.05. The average molecular weight is 378 g/mol. The Labute approximate surface area is 158 Å². The van der Waals surface area contributed by atoms with Crippen LogP contribution in [0.4, 0.5) is 5.82 Å². The van der Waals surface area contributed by atoms with Gasteiger partial charge >= 0.3 is 0 Å². The first kappa shape index (κ1) is 18.7. The molecule has 0 radical (unpaired) electrons. The van der Waals surface area contributed by atoms with Gasteiger partial charge in [0.15, 0.2) is 11.6 Å². The van der Waals surface area contributed by atoms with Crippen molar-refractivity contribution in [2.45, 2.75) is 31.9 Å². The Morgan fingerprint density at radius 1 is 1.31 bits per heavy atom. The zero-order chi connectivity index (χ0) is 18.5. The zero-order valence-electron chi connectivity index (χ0n) is 15.1. The standard InChI is InChI=1S/C19H24ClN3O3/c1-23(16(11-24)14-4-3-5-14)18-17(10-21-19(20)22-18)26-12-13-6-8-15(25-2)9-7-13/h6-10,14,16,24H,3-5,11-12H2,1-2H3/t16-/m1/s1. The van der Waals surface area contributed by atoms with Crippen LogP contribution in [0.3, 0.4) is 0 Å². The van der Waals surface area contributed by atoms with Crippen LogP contribution in [0.25, 0.3) is 0 Å². The lowest BCUT2D eigenvalue weighted by atomic mass is 9.79. The van der Waals surface area contributed by atoms with Crippen molar-refractivity contribution in [3.63, 3.8) is 0 Å². The second-order valence-electron chi connectivity index (χ2n) is 6.52. The highest BCUT2D eigenvalue weighted by Crippen LogP contribution is 2.36. The van der Waals surface area contributed by atoms with Crippen LogP contribution in [0.15, 0.2) is 30.5 Å². The molecule has 1 aromatic heterocycles. The summed E-state index contributed by atoms with van der Waals surface area (Å²) in [6, 6.07) is 7.68. The smallest absolute Gasteiger partial charge is 0.224 e. The molecule has 0 saturated heterocycles. The minimum Gasteiger partial charge on any atom is -0.497 e. The van der Waals surface area contributed by atoms with Crippen molar-refractivity contribution >= 4 is 17.4 Å². The molecule has 3 rings (SSSR count). The molecule has 7 heteroatoms. The number of anilines is 1. The molecular weight excluding hydrogens is 354 g/mol. The quantitative estimate of drug-likeness (QED) is 0.712. The van der Waals surface area contributed by atoms with Crippen LogP contribution in [0, 0.1) is 5.92 Å². The minimum atomic E-state index is -0.00180. The van der Waals surface area contributed by atoms with Crippen molar-refractivity contribution < 1.29 is 14.6 Å². The van der Waals surface area contributed by atoms with Crippen LogP contribution in [0.1, 0.15) is 24.8 Å². The van der Waals surface area contributed by atoms with Crippen LogP contribution in [-0.2, 0) is 6.61 Å². The molecule has 0 bridgehead atoms. The predicted octanol–water partition coefficient (Wildman–Crippen LogP) is 3.31. The third-order valence-electron chi connectivity index (χ3n) is 4.97. The van der Waals surface area contributed by atoms with Crippen molar-refractivity contribution in [3.05, 3.63) is 41.3 Å². The summed E-state index contributed by atoms with van der Waals surface area (Å²) in [4.78, 5) is 10.4. The number of aliphatic hydroxyl groups is 1. The van der Waals surface area contributed by atoms with Crippen LogP contribution in [0.5, 0.6) is 11.5 Å². The summed E-state index contributed by atoms with van der Waals surface area (Å²) in [7, 11) is 3.55. The Bertz CT molecular complexity index is 722. The van der Waals surface area contributed by atoms with Crippen LogP contribution in [-0.4, -0.2) is 41.9 Å². The van der Waals surface area contributed by atoms with Gasteiger partial charge in [0.2, 0.25) is 5.28 Å². The Morgan fingerprint density at radius 3 is 2.62 bits per heavy atom. The van der Waals surface area contributed by atoms with E-state index in [1.165, 1.54) is 6.42 Å². The number of nitrogens with zero attached hydrogens (tertiary/aromatic N) is 3. The zero-order valence-corrected chi connectivity index (χ0v) is 15.8. The molecule has 1 atom stereocenters. The SMILES string of the molecule is COc1ccc(COc2cnc(Cl)nc2N(C)[C@H](CO)C2CCC2)cc1. The highest BCUT2D eigenvalue weighted by Gasteiger charge is 2.31. The van der Waals surface area contributed by atoms with Gasteiger partial charge in [-0.25, -0.2) is 4.98 Å². The fourth-order valence-electron chi connectivity index (χ4n) is 3.15. The molecule has 6 nitrogen and oxygen atoms in total. The summed E-state index contributed by atoms with van der Waals surface area (Å²) in [6.07, 6.45) is 5.03. The van der Waals surface area contributed by atoms with E-state index in [1.807, 2.05) is 36.2 Å². The van der Waals surface area contributed by atoms with Crippen LogP contribution >= 0.6 is 11.6 Å². The monoisotopic (exact) mass is 377 g/mol. The van der Waals surface area contributed by atoms with Gasteiger partial charge in [-0.15, -0.1) is 0 Å². The maximum atomic E-state index is 9.84. The van der Waals surface area contributed by atoms with E-state index in [0.29, 0.717) is 24.1 Å². The third kappa shape index (κ3) is 4.19. The van der Waals surface area contributed by atoms with Gasteiger partial charge in [-0.05, 0) is 48.1 Å². The maximum absolute atomic E-state index is 9.84. The van der Waals surface area contributed by atoms with Crippen molar-refractivity contribution in [1.29, 1.82) is 0 Å². The van der Waals surface area contributed by atoms with Crippen molar-refractivity contribution in [2.75, 3.05) is 25.7 Å². The summed E-state index contributed by atoms with van der Waals surface area (Å²) in [5.41, 5.74) is 1.01. The molecule has 1 aliphatic rings. The number of hydrogen-bond donors (Lipinski definition) is 1. The van der Waals surface area contributed by atoms with E-state index < -0.39 is 0 Å². The lowest BCUT2D eigenvalue weighted by Gasteiger charge is -2.39. The molecule has 1 N–H and O–H groups in total. The summed E-state index contributed by atoms with van der Waals surface area (Å²) >= 11 is 6.01. The molecule has 2 aromatic rings. The van der Waals surface area contributed by atoms with E-state index in [1.54, 1.807) is 13.3 Å². The lowest BCUT2D eigenvalue weighted by molar-refractivity contribution is 0.170. The van der Waals surface area contributed by atoms with E-state index in [-0.39, 0.29) is 17.9 Å². The molecule has 1 fully saturated rings. The number of ether oxygens (including phenoxy) is 2. The van der Waals surface area contributed by atoms with E-state index in [4.69, 9.17) is 21.1 Å². The van der Waals surface area contributed by atoms with Crippen molar-refractivity contribution in [1.82, 2.24) is 9.97 Å². The van der Waals surface area contributed by atoms with Crippen LogP contribution < -0.4 is 14.4 Å². The maximum Gasteiger partial charge on any atom is 0.224 e. The summed E-state index contributed by atoms with van der Waals surface area (Å²) in [5.74, 6) is 2.42. The molecule has 0 amide bonds. The summed E-state index contributed by atoms with van der Waals surface area (Å²) in [5, 5.41) is 10.0. The van der Waals surface area contributed by atoms with Gasteiger partial charge in [-0.1, -0.05) is 18.6 Å². The van der Waals surface area contributed by atoms with E-state index >= 15 is 0 Å². The van der Waals surface area contributed by atoms with Gasteiger partial charge in [-0.3, -0.25) is 0 Å². The van der Waals surface area contributed by atoms with E-state index in [0.717, 1.165) is 24.2 Å². The van der Waals surface area contributed by atoms with Gasteiger partial charge in [0.1, 0.15) is 12.4 Å². The molecule has 1 aromatic carbocycles. The number of benzene rings is 1. The summed E-state index contributed by atoms with van der Waals surface area (Å²) < 4.78 is 11.1. The highest BCUT2D eigenvalue weighted by atomic mass is 35.5. The fraction of sp³-hybridized carbons (Fsp3) is 0.474. The Kier molecular flexibility index (Phi) is 6.16. The van der Waals surface area contributed by atoms with Crippen molar-refractivity contribution in [2.24, 2.45) is 5.92 Å². The Morgan fingerprint density at radius 2 is 2.04 bits per heavy atom. The predicted molar refractivity (Wildman–Crippen MR) is 101 cm³/mol. The molecular formula is C19H24ClN3O3. The molecule has 1 aliphatic carbocycles. The average Bonchev–Trinajstić information content (AvgIpc) is 2.63. The number of aromatic nitrogens is 2. The molecule has 26 heavy (non-hydrogen) atoms.